The monoisotopic (exact) mass is 250 g/mol. The summed E-state index contributed by atoms with van der Waals surface area (Å²) < 4.78 is 5.29. The molecule has 0 bridgehead atoms. The smallest absolute Gasteiger partial charge is 0.240 e. The number of para-hydroxylation sites is 2. The molecule has 0 atom stereocenters. The fourth-order valence-electron chi connectivity index (χ4n) is 1.73. The maximum atomic E-state index is 11.9. The molecule has 0 aliphatic carbocycles. The van der Waals surface area contributed by atoms with Gasteiger partial charge in [0.2, 0.25) is 5.91 Å². The molecule has 1 aromatic rings. The highest BCUT2D eigenvalue weighted by atomic mass is 16.5. The Kier molecular flexibility index (Phi) is 5.65. The SMILES string of the molecule is COc1ccccc1N(CCC(C)C)C(=O)CN. The molecule has 4 nitrogen and oxygen atoms in total. The Labute approximate surface area is 109 Å². The number of ether oxygens (including phenoxy) is 1. The number of benzene rings is 1. The molecule has 0 aromatic heterocycles. The molecule has 0 aliphatic rings. The number of anilines is 1. The molecule has 0 saturated carbocycles. The zero-order chi connectivity index (χ0) is 13.5. The minimum absolute atomic E-state index is 0.0101. The van der Waals surface area contributed by atoms with Crippen molar-refractivity contribution in [2.75, 3.05) is 25.1 Å². The summed E-state index contributed by atoms with van der Waals surface area (Å²) in [6.07, 6.45) is 0.934. The molecule has 0 saturated heterocycles. The second-order valence-electron chi connectivity index (χ2n) is 4.60. The molecule has 0 fully saturated rings. The minimum Gasteiger partial charge on any atom is -0.495 e. The van der Waals surface area contributed by atoms with Crippen molar-refractivity contribution in [3.8, 4) is 5.75 Å². The molecule has 1 rings (SSSR count). The van der Waals surface area contributed by atoms with Crippen molar-refractivity contribution >= 4 is 11.6 Å². The maximum absolute atomic E-state index is 11.9. The number of methoxy groups -OCH3 is 1. The quantitative estimate of drug-likeness (QED) is 0.840. The summed E-state index contributed by atoms with van der Waals surface area (Å²) in [6, 6.07) is 7.51. The lowest BCUT2D eigenvalue weighted by molar-refractivity contribution is -0.117. The number of carbonyl (C=O) groups is 1. The lowest BCUT2D eigenvalue weighted by Gasteiger charge is -2.24. The van der Waals surface area contributed by atoms with E-state index in [1.807, 2.05) is 24.3 Å². The summed E-state index contributed by atoms with van der Waals surface area (Å²) in [5, 5.41) is 0. The van der Waals surface area contributed by atoms with Gasteiger partial charge in [0.1, 0.15) is 5.75 Å². The zero-order valence-corrected chi connectivity index (χ0v) is 11.3. The van der Waals surface area contributed by atoms with E-state index in [0.29, 0.717) is 18.2 Å². The van der Waals surface area contributed by atoms with E-state index in [0.717, 1.165) is 12.1 Å². The van der Waals surface area contributed by atoms with Crippen LogP contribution in [0.4, 0.5) is 5.69 Å². The van der Waals surface area contributed by atoms with Gasteiger partial charge in [0, 0.05) is 6.54 Å². The summed E-state index contributed by atoms with van der Waals surface area (Å²) >= 11 is 0. The largest absolute Gasteiger partial charge is 0.495 e. The first-order chi connectivity index (χ1) is 8.60. The molecule has 0 aliphatic heterocycles. The maximum Gasteiger partial charge on any atom is 0.240 e. The van der Waals surface area contributed by atoms with Gasteiger partial charge in [-0.05, 0) is 24.5 Å². The third-order valence-corrected chi connectivity index (χ3v) is 2.78. The summed E-state index contributed by atoms with van der Waals surface area (Å²) in [4.78, 5) is 13.6. The lowest BCUT2D eigenvalue weighted by atomic mass is 10.1. The van der Waals surface area contributed by atoms with Gasteiger partial charge in [-0.25, -0.2) is 0 Å². The predicted molar refractivity (Wildman–Crippen MR) is 73.9 cm³/mol. The van der Waals surface area contributed by atoms with Crippen LogP contribution in [0.25, 0.3) is 0 Å². The van der Waals surface area contributed by atoms with Gasteiger partial charge in [-0.15, -0.1) is 0 Å². The van der Waals surface area contributed by atoms with E-state index in [9.17, 15) is 4.79 Å². The van der Waals surface area contributed by atoms with E-state index in [4.69, 9.17) is 10.5 Å². The summed E-state index contributed by atoms with van der Waals surface area (Å²) in [5.74, 6) is 1.15. The number of hydrogen-bond donors (Lipinski definition) is 1. The van der Waals surface area contributed by atoms with Crippen LogP contribution in [0.15, 0.2) is 24.3 Å². The average Bonchev–Trinajstić information content (AvgIpc) is 2.38. The van der Waals surface area contributed by atoms with Crippen molar-refractivity contribution in [1.29, 1.82) is 0 Å². The van der Waals surface area contributed by atoms with Crippen LogP contribution in [0.5, 0.6) is 5.75 Å². The van der Waals surface area contributed by atoms with Crippen molar-refractivity contribution < 1.29 is 9.53 Å². The topological polar surface area (TPSA) is 55.6 Å². The van der Waals surface area contributed by atoms with E-state index in [1.165, 1.54) is 0 Å². The Bertz CT molecular complexity index is 391. The molecule has 0 radical (unpaired) electrons. The summed E-state index contributed by atoms with van der Waals surface area (Å²) in [7, 11) is 1.60. The fourth-order valence-corrected chi connectivity index (χ4v) is 1.73. The van der Waals surface area contributed by atoms with Crippen LogP contribution in [0.2, 0.25) is 0 Å². The first-order valence-corrected chi connectivity index (χ1v) is 6.23. The van der Waals surface area contributed by atoms with Crippen LogP contribution in [-0.4, -0.2) is 26.1 Å². The van der Waals surface area contributed by atoms with E-state index in [1.54, 1.807) is 12.0 Å². The van der Waals surface area contributed by atoms with Gasteiger partial charge in [-0.2, -0.15) is 0 Å². The fraction of sp³-hybridized carbons (Fsp3) is 0.500. The van der Waals surface area contributed by atoms with Gasteiger partial charge in [0.25, 0.3) is 0 Å². The molecule has 0 heterocycles. The Morgan fingerprint density at radius 2 is 2.06 bits per heavy atom. The zero-order valence-electron chi connectivity index (χ0n) is 11.3. The first kappa shape index (κ1) is 14.5. The molecule has 1 amide bonds. The molecule has 4 heteroatoms. The Morgan fingerprint density at radius 1 is 1.39 bits per heavy atom. The Morgan fingerprint density at radius 3 is 2.61 bits per heavy atom. The first-order valence-electron chi connectivity index (χ1n) is 6.23. The highest BCUT2D eigenvalue weighted by molar-refractivity contribution is 5.96. The third kappa shape index (κ3) is 3.74. The standard InChI is InChI=1S/C14H22N2O2/c1-11(2)8-9-16(14(17)10-15)12-6-4-5-7-13(12)18-3/h4-7,11H,8-10,15H2,1-3H3. The minimum atomic E-state index is -0.0832. The number of carbonyl (C=O) groups excluding carboxylic acids is 1. The van der Waals surface area contributed by atoms with Gasteiger partial charge in [0.15, 0.2) is 0 Å². The Balaban J connectivity index is 2.97. The molecule has 18 heavy (non-hydrogen) atoms. The highest BCUT2D eigenvalue weighted by Crippen LogP contribution is 2.28. The van der Waals surface area contributed by atoms with Crippen molar-refractivity contribution in [2.24, 2.45) is 11.7 Å². The van der Waals surface area contributed by atoms with Crippen molar-refractivity contribution in [3.63, 3.8) is 0 Å². The van der Waals surface area contributed by atoms with Gasteiger partial charge < -0.3 is 15.4 Å². The number of nitrogens with zero attached hydrogens (tertiary/aromatic N) is 1. The number of amides is 1. The number of nitrogens with two attached hydrogens (primary N) is 1. The van der Waals surface area contributed by atoms with E-state index < -0.39 is 0 Å². The number of hydrogen-bond acceptors (Lipinski definition) is 3. The van der Waals surface area contributed by atoms with Crippen LogP contribution >= 0.6 is 0 Å². The average molecular weight is 250 g/mol. The van der Waals surface area contributed by atoms with Crippen molar-refractivity contribution in [1.82, 2.24) is 0 Å². The van der Waals surface area contributed by atoms with Gasteiger partial charge in [0.05, 0.1) is 19.3 Å². The van der Waals surface area contributed by atoms with E-state index in [-0.39, 0.29) is 12.5 Å². The predicted octanol–water partition coefficient (Wildman–Crippen LogP) is 2.03. The molecule has 2 N–H and O–H groups in total. The number of rotatable bonds is 6. The van der Waals surface area contributed by atoms with Gasteiger partial charge in [-0.3, -0.25) is 4.79 Å². The van der Waals surface area contributed by atoms with Crippen LogP contribution in [-0.2, 0) is 4.79 Å². The van der Waals surface area contributed by atoms with E-state index in [2.05, 4.69) is 13.8 Å². The van der Waals surface area contributed by atoms with Crippen molar-refractivity contribution in [2.45, 2.75) is 20.3 Å². The van der Waals surface area contributed by atoms with Crippen LogP contribution in [0.3, 0.4) is 0 Å². The lowest BCUT2D eigenvalue weighted by Crippen LogP contribution is -2.37. The molecule has 0 spiro atoms. The second kappa shape index (κ2) is 7.01. The third-order valence-electron chi connectivity index (χ3n) is 2.78. The Hall–Kier alpha value is -1.55. The molecule has 100 valence electrons. The highest BCUT2D eigenvalue weighted by Gasteiger charge is 2.17. The normalized spacial score (nSPS) is 10.5. The molecule has 0 unspecified atom stereocenters. The van der Waals surface area contributed by atoms with E-state index >= 15 is 0 Å². The second-order valence-corrected chi connectivity index (χ2v) is 4.60. The van der Waals surface area contributed by atoms with Crippen LogP contribution in [0, 0.1) is 5.92 Å². The summed E-state index contributed by atoms with van der Waals surface area (Å²) in [6.45, 7) is 4.94. The van der Waals surface area contributed by atoms with Crippen LogP contribution in [0.1, 0.15) is 20.3 Å². The van der Waals surface area contributed by atoms with Gasteiger partial charge >= 0.3 is 0 Å². The summed E-state index contributed by atoms with van der Waals surface area (Å²) in [5.41, 5.74) is 6.26. The molecule has 1 aromatic carbocycles. The van der Waals surface area contributed by atoms with Crippen LogP contribution < -0.4 is 15.4 Å². The molecular weight excluding hydrogens is 228 g/mol. The van der Waals surface area contributed by atoms with Crippen molar-refractivity contribution in [3.05, 3.63) is 24.3 Å². The molecular formula is C14H22N2O2. The van der Waals surface area contributed by atoms with Gasteiger partial charge in [-0.1, -0.05) is 26.0 Å².